The first-order valence-corrected chi connectivity index (χ1v) is 37.1. The fourth-order valence-corrected chi connectivity index (χ4v) is 21.0. The number of benzene rings is 1. The van der Waals surface area contributed by atoms with Crippen LogP contribution in [0.5, 0.6) is 0 Å². The summed E-state index contributed by atoms with van der Waals surface area (Å²) in [6.45, 7) is 0.693. The number of piperidine rings is 4. The van der Waals surface area contributed by atoms with E-state index < -0.39 is 77.8 Å². The summed E-state index contributed by atoms with van der Waals surface area (Å²) in [5.74, 6) is 0. The Labute approximate surface area is 616 Å². The van der Waals surface area contributed by atoms with Crippen LogP contribution in [0.15, 0.2) is 79.4 Å². The first-order chi connectivity index (χ1) is 50.1. The molecule has 1 aromatic carbocycles. The molecule has 35 heteroatoms. The van der Waals surface area contributed by atoms with Crippen LogP contribution < -0.4 is 21.3 Å². The van der Waals surface area contributed by atoms with Crippen LogP contribution in [-0.4, -0.2) is 126 Å². The first kappa shape index (κ1) is 66.4. The lowest BCUT2D eigenvalue weighted by atomic mass is 9.77. The molecule has 15 atom stereocenters. The van der Waals surface area contributed by atoms with Crippen molar-refractivity contribution in [1.29, 1.82) is 0 Å². The van der Waals surface area contributed by atoms with Crippen molar-refractivity contribution in [3.05, 3.63) is 167 Å². The molecule has 9 aromatic rings. The molecule has 4 fully saturated rings. The number of hydrogen-bond donors (Lipinski definition) is 7. The van der Waals surface area contributed by atoms with E-state index in [2.05, 4.69) is 86.8 Å². The molecule has 23 nitrogen and oxygen atoms in total. The van der Waals surface area contributed by atoms with Gasteiger partial charge in [0, 0.05) is 149 Å². The van der Waals surface area contributed by atoms with Gasteiger partial charge in [-0.15, -0.1) is 65.7 Å². The van der Waals surface area contributed by atoms with Crippen molar-refractivity contribution in [3.8, 4) is 0 Å². The molecule has 4 saturated heterocycles. The Morgan fingerprint density at radius 1 is 0.564 bits per heavy atom. The maximum atomic E-state index is 13.6. The van der Waals surface area contributed by atoms with Crippen molar-refractivity contribution in [3.63, 3.8) is 0 Å². The van der Waals surface area contributed by atoms with Gasteiger partial charge in [0.1, 0.15) is 45.6 Å². The second-order valence-corrected chi connectivity index (χ2v) is 33.1. The van der Waals surface area contributed by atoms with Gasteiger partial charge in [0.05, 0.1) is 96.5 Å². The van der Waals surface area contributed by atoms with Gasteiger partial charge in [0.25, 0.3) is 6.43 Å². The van der Waals surface area contributed by atoms with Crippen LogP contribution >= 0.6 is 80.1 Å². The van der Waals surface area contributed by atoms with Crippen LogP contribution in [-0.2, 0) is 82.1 Å². The number of fused-ring (bicyclic) bond motifs is 8. The number of rotatable bonds is 6. The predicted molar refractivity (Wildman–Crippen MR) is 369 cm³/mol. The summed E-state index contributed by atoms with van der Waals surface area (Å²) in [6, 6.07) is 14.8. The zero-order chi connectivity index (χ0) is 75.4. The number of hydrogen-bond acceptors (Lipinski definition) is 23. The summed E-state index contributed by atoms with van der Waals surface area (Å²) >= 11 is 23.5. The number of nitrogens with zero attached hydrogens (tertiary/aromatic N) is 12. The topological polar surface area (TPSA) is 269 Å². The lowest BCUT2D eigenvalue weighted by Gasteiger charge is -2.47. The van der Waals surface area contributed by atoms with E-state index >= 15 is 0 Å². The molecule has 16 heterocycles. The van der Waals surface area contributed by atoms with E-state index in [4.69, 9.17) is 60.6 Å². The minimum Gasteiger partial charge on any atom is -0.386 e. The predicted octanol–water partition coefficient (Wildman–Crippen LogP) is 11.7. The number of aryl methyl sites for hydroxylation is 4. The molecule has 0 amide bonds. The summed E-state index contributed by atoms with van der Waals surface area (Å²) in [6.07, 6.45) is 0.452. The first-order valence-electron chi connectivity index (χ1n) is 35.3. The Kier molecular flexibility index (Phi) is 19.0. The number of nitrogens with one attached hydrogen (secondary N) is 4. The maximum absolute atomic E-state index is 13.6. The van der Waals surface area contributed by atoms with Gasteiger partial charge >= 0.3 is 6.18 Å². The van der Waals surface area contributed by atoms with E-state index in [1.165, 1.54) is 51.8 Å². The summed E-state index contributed by atoms with van der Waals surface area (Å²) in [5.41, 5.74) is 3.22. The summed E-state index contributed by atoms with van der Waals surface area (Å²) < 4.78 is 138. The third-order valence-electron chi connectivity index (χ3n) is 19.6. The van der Waals surface area contributed by atoms with E-state index in [0.29, 0.717) is 90.6 Å². The molecule has 0 aliphatic carbocycles. The van der Waals surface area contributed by atoms with Crippen molar-refractivity contribution in [2.45, 2.75) is 173 Å². The van der Waals surface area contributed by atoms with Gasteiger partial charge in [-0.05, 0) is 68.5 Å². The fourth-order valence-electron chi connectivity index (χ4n) is 15.4. The molecular formula is C66H76Cl3F5N16O7S4. The fraction of sp³-hybridized carbons (Fsp3) is 0.545. The molecule has 8 aliphatic rings. The number of aliphatic hydroxyl groups is 3. The zero-order valence-corrected chi connectivity index (χ0v) is 60.5. The Bertz CT molecular complexity index is 4610. The van der Waals surface area contributed by atoms with Gasteiger partial charge in [-0.1, -0.05) is 86.0 Å². The molecule has 8 aromatic heterocycles. The average molecular weight is 1540 g/mol. The number of aromatic nitrogens is 12. The van der Waals surface area contributed by atoms with Gasteiger partial charge in [0.15, 0.2) is 0 Å². The van der Waals surface area contributed by atoms with E-state index in [1.54, 1.807) is 34.3 Å². The monoisotopic (exact) mass is 1540 g/mol. The molecule has 3 unspecified atom stereocenters. The SMILES string of the molecule is Cn1cc(C2CC3(CC(C(F)F)N2)OCCc2cc(Cl)sc23)nn1.Cn1cc([C@@H]2C[C@]3(C[C@H](c4ccccc4)N2)OC[C@@H](O)c2cc(Cl)sc23)nn1.[2H]C([2H])n1cc([C@@H]2[13CH2][C@]3(C[C@H](C)N2)OC[C@@H](O)c2cc(C(F)(F)F)sc23)nn1.[2H]C1([2H])O[C@@]2(C[C@@H](c3cn(C)nn3)N[C@@H](C)C2)c2sc(Cl)cc2[C@]1([2H])O. The summed E-state index contributed by atoms with van der Waals surface area (Å²) in [5, 5.41) is 77.1. The van der Waals surface area contributed by atoms with Crippen molar-refractivity contribution < 1.29 is 63.1 Å². The molecule has 101 heavy (non-hydrogen) atoms. The van der Waals surface area contributed by atoms with Gasteiger partial charge in [-0.25, -0.2) is 8.78 Å². The van der Waals surface area contributed by atoms with Gasteiger partial charge in [-0.3, -0.25) is 18.7 Å². The molecule has 4 spiro atoms. The lowest BCUT2D eigenvalue weighted by molar-refractivity contribution is -0.134. The Morgan fingerprint density at radius 3 is 1.53 bits per heavy atom. The van der Waals surface area contributed by atoms with Crippen molar-refractivity contribution in [2.75, 3.05) is 26.4 Å². The van der Waals surface area contributed by atoms with E-state index in [9.17, 15) is 37.3 Å². The number of thiophene rings is 4. The lowest BCUT2D eigenvalue weighted by Crippen LogP contribution is -2.53. The van der Waals surface area contributed by atoms with Crippen LogP contribution in [0.25, 0.3) is 0 Å². The van der Waals surface area contributed by atoms with Crippen molar-refractivity contribution in [2.24, 2.45) is 28.1 Å². The minimum absolute atomic E-state index is 0.00259. The Morgan fingerprint density at radius 2 is 1.01 bits per heavy atom. The number of ether oxygens (including phenoxy) is 4. The van der Waals surface area contributed by atoms with Crippen molar-refractivity contribution >= 4 is 80.1 Å². The molecule has 0 bridgehead atoms. The normalized spacial score (nSPS) is 33.3. The van der Waals surface area contributed by atoms with E-state index in [-0.39, 0.29) is 73.1 Å². The molecule has 8 aliphatic heterocycles. The molecule has 0 saturated carbocycles. The average Bonchev–Trinajstić information content (AvgIpc) is 1.35. The third-order valence-corrected chi connectivity index (χ3v) is 25.4. The molecule has 17 rings (SSSR count). The quantitative estimate of drug-likeness (QED) is 0.0602. The third kappa shape index (κ3) is 14.9. The highest BCUT2D eigenvalue weighted by molar-refractivity contribution is 7.17. The molecular weight excluding hydrogens is 1460 g/mol. The van der Waals surface area contributed by atoms with Crippen LogP contribution in [0.4, 0.5) is 22.0 Å². The van der Waals surface area contributed by atoms with E-state index in [0.717, 1.165) is 55.9 Å². The summed E-state index contributed by atoms with van der Waals surface area (Å²) in [4.78, 5) is 2.29. The zero-order valence-electron chi connectivity index (χ0n) is 59.9. The Balaban J connectivity index is 0.000000119. The second-order valence-electron chi connectivity index (χ2n) is 27.0. The van der Waals surface area contributed by atoms with Crippen molar-refractivity contribution in [1.82, 2.24) is 81.2 Å². The Hall–Kier alpha value is -5.34. The number of aliphatic hydroxyl groups excluding tert-OH is 2. The second kappa shape index (κ2) is 28.8. The van der Waals surface area contributed by atoms with Crippen LogP contribution in [0.3, 0.4) is 0 Å². The highest BCUT2D eigenvalue weighted by Gasteiger charge is 2.54. The highest BCUT2D eigenvalue weighted by Crippen LogP contribution is 2.57. The largest absolute Gasteiger partial charge is 0.425 e. The van der Waals surface area contributed by atoms with E-state index in [1.807, 2.05) is 51.5 Å². The molecule has 542 valence electrons. The van der Waals surface area contributed by atoms with Crippen LogP contribution in [0.2, 0.25) is 13.0 Å². The number of halogens is 8. The summed E-state index contributed by atoms with van der Waals surface area (Å²) in [7, 11) is 5.41. The molecule has 7 N–H and O–H groups in total. The highest BCUT2D eigenvalue weighted by atomic mass is 35.5. The van der Waals surface area contributed by atoms with Gasteiger partial charge in [-0.2, -0.15) is 13.2 Å². The molecule has 0 radical (unpaired) electrons. The maximum Gasteiger partial charge on any atom is 0.425 e. The standard InChI is InChI=1S/C20H21ClN4O2S.C16H19F3N4O2S.C15H17ClF2N4OS.C15H19ClN4O2S/c1-25-10-16(23-24-25)15-9-20(8-14(22-15)12-5-3-2-4-6-12)19-13(7-18(21)28-19)17(26)11-27-20;1-8-4-15(5-10(20-8)11-6-23(2)22-21-11)14-9(12(24)7-25-15)3-13(26-14)16(17,18)19;1-22-7-11(20-21-22)9-5-15(6-10(19-9)14(17)18)13-8(2-3-23-15)4-12(16)24-13;1-8-4-15(5-10(17-8)11-6-20(2)19-18-11)14-9(3-13(16)23-14)12(21)7-22-15/h2-7,10,14-15,17,22,26H,8-9,11H2,1H3;3,6,8,10,12,20,24H,4-5,7H2,1-2H3;4,7,9-10,14,19H,2-3,5-6H2,1H3;3,6,8,10,12,17,21H,4-5,7H2,1-2H3/t14-,15+,17-,20+;8-,10-,12+,15-;;8-,10-,12+,15-/m10.0/s1/i;2D2,5+1;;7D2,12D. The van der Waals surface area contributed by atoms with Gasteiger partial charge < -0.3 is 55.5 Å². The van der Waals surface area contributed by atoms with Crippen LogP contribution in [0.1, 0.15) is 196 Å². The van der Waals surface area contributed by atoms with Gasteiger partial charge in [0.2, 0.25) is 0 Å². The smallest absolute Gasteiger partial charge is 0.386 e. The minimum atomic E-state index is -4.49. The van der Waals surface area contributed by atoms with Crippen LogP contribution in [0, 0.1) is 0 Å². The number of alkyl halides is 5.